The fourth-order valence-corrected chi connectivity index (χ4v) is 1.66. The molecule has 1 aliphatic rings. The lowest BCUT2D eigenvalue weighted by Gasteiger charge is -1.96. The Bertz CT molecular complexity index is 115. The number of rotatable bonds is 0. The van der Waals surface area contributed by atoms with E-state index in [1.165, 1.54) is 3.58 Å². The van der Waals surface area contributed by atoms with Crippen molar-refractivity contribution in [1.29, 1.82) is 0 Å². The zero-order valence-corrected chi connectivity index (χ0v) is 6.70. The molecule has 38 valence electrons. The predicted octanol–water partition coefficient (Wildman–Crippen LogP) is 2.57. The Morgan fingerprint density at radius 3 is 2.86 bits per heavy atom. The second-order valence-corrected chi connectivity index (χ2v) is 3.53. The minimum atomic E-state index is 1.16. The van der Waals surface area contributed by atoms with Crippen LogP contribution in [0.3, 0.4) is 0 Å². The van der Waals surface area contributed by atoms with Crippen molar-refractivity contribution in [3.63, 3.8) is 0 Å². The SMILES string of the molecule is IC1=CC=CSC1. The van der Waals surface area contributed by atoms with E-state index in [1.807, 2.05) is 11.8 Å². The van der Waals surface area contributed by atoms with Crippen molar-refractivity contribution in [2.24, 2.45) is 0 Å². The number of thioether (sulfide) groups is 1. The Kier molecular flexibility index (Phi) is 2.25. The summed E-state index contributed by atoms with van der Waals surface area (Å²) >= 11 is 4.19. The summed E-state index contributed by atoms with van der Waals surface area (Å²) in [6.07, 6.45) is 4.22. The van der Waals surface area contributed by atoms with Gasteiger partial charge in [0.25, 0.3) is 0 Å². The van der Waals surface area contributed by atoms with Gasteiger partial charge in [0.15, 0.2) is 0 Å². The van der Waals surface area contributed by atoms with Crippen LogP contribution in [0.5, 0.6) is 0 Å². The normalized spacial score (nSPS) is 19.3. The first-order chi connectivity index (χ1) is 3.39. The summed E-state index contributed by atoms with van der Waals surface area (Å²) in [5, 5.41) is 2.11. The van der Waals surface area contributed by atoms with Gasteiger partial charge in [-0.25, -0.2) is 0 Å². The van der Waals surface area contributed by atoms with E-state index in [9.17, 15) is 0 Å². The van der Waals surface area contributed by atoms with Crippen LogP contribution in [0.15, 0.2) is 21.1 Å². The topological polar surface area (TPSA) is 0 Å². The van der Waals surface area contributed by atoms with Gasteiger partial charge in [-0.05, 0) is 28.0 Å². The summed E-state index contributed by atoms with van der Waals surface area (Å²) < 4.78 is 1.44. The number of hydrogen-bond donors (Lipinski definition) is 0. The van der Waals surface area contributed by atoms with Crippen molar-refractivity contribution >= 4 is 34.4 Å². The molecule has 1 aliphatic heterocycles. The van der Waals surface area contributed by atoms with Gasteiger partial charge in [-0.15, -0.1) is 11.8 Å². The quantitative estimate of drug-likeness (QED) is 0.570. The van der Waals surface area contributed by atoms with Crippen molar-refractivity contribution < 1.29 is 0 Å². The molecular weight excluding hydrogens is 219 g/mol. The van der Waals surface area contributed by atoms with Crippen LogP contribution in [0.4, 0.5) is 0 Å². The summed E-state index contributed by atoms with van der Waals surface area (Å²) in [5.74, 6) is 1.16. The minimum Gasteiger partial charge on any atom is -0.129 e. The molecule has 0 aromatic rings. The van der Waals surface area contributed by atoms with Gasteiger partial charge in [0, 0.05) is 9.33 Å². The largest absolute Gasteiger partial charge is 0.129 e. The summed E-state index contributed by atoms with van der Waals surface area (Å²) in [6.45, 7) is 0. The standard InChI is InChI=1S/C5H5IS/c6-5-2-1-3-7-4-5/h1-3H,4H2. The van der Waals surface area contributed by atoms with Crippen LogP contribution in [0.25, 0.3) is 0 Å². The molecule has 0 bridgehead atoms. The fourth-order valence-electron chi connectivity index (χ4n) is 0.375. The summed E-state index contributed by atoms with van der Waals surface area (Å²) in [4.78, 5) is 0. The Balaban J connectivity index is 2.57. The van der Waals surface area contributed by atoms with Gasteiger partial charge < -0.3 is 0 Å². The van der Waals surface area contributed by atoms with Gasteiger partial charge in [0.1, 0.15) is 0 Å². The third-order valence-corrected chi connectivity index (χ3v) is 2.76. The first-order valence-electron chi connectivity index (χ1n) is 2.02. The molecule has 0 aromatic carbocycles. The molecule has 1 heterocycles. The molecule has 0 spiro atoms. The average molecular weight is 224 g/mol. The van der Waals surface area contributed by atoms with Gasteiger partial charge in [-0.2, -0.15) is 0 Å². The summed E-state index contributed by atoms with van der Waals surface area (Å²) in [5.41, 5.74) is 0. The molecule has 1 rings (SSSR count). The summed E-state index contributed by atoms with van der Waals surface area (Å²) in [6, 6.07) is 0. The number of hydrogen-bond acceptors (Lipinski definition) is 1. The van der Waals surface area contributed by atoms with Gasteiger partial charge in [-0.3, -0.25) is 0 Å². The van der Waals surface area contributed by atoms with Crippen LogP contribution in [0.2, 0.25) is 0 Å². The smallest absolute Gasteiger partial charge is 0.0284 e. The lowest BCUT2D eigenvalue weighted by atomic mass is 10.5. The molecule has 0 amide bonds. The Hall–Kier alpha value is 0.560. The van der Waals surface area contributed by atoms with E-state index in [2.05, 4.69) is 40.2 Å². The van der Waals surface area contributed by atoms with Crippen LogP contribution in [-0.4, -0.2) is 5.75 Å². The second-order valence-electron chi connectivity index (χ2n) is 1.25. The van der Waals surface area contributed by atoms with Crippen LogP contribution in [-0.2, 0) is 0 Å². The van der Waals surface area contributed by atoms with E-state index in [1.54, 1.807) is 0 Å². The molecule has 0 nitrogen and oxygen atoms in total. The molecule has 0 aliphatic carbocycles. The Labute approximate surface area is 61.2 Å². The van der Waals surface area contributed by atoms with E-state index in [0.717, 1.165) is 5.75 Å². The molecule has 7 heavy (non-hydrogen) atoms. The first kappa shape index (κ1) is 5.69. The lowest BCUT2D eigenvalue weighted by Crippen LogP contribution is -1.76. The first-order valence-corrected chi connectivity index (χ1v) is 4.15. The molecule has 0 fully saturated rings. The highest BCUT2D eigenvalue weighted by Crippen LogP contribution is 2.19. The van der Waals surface area contributed by atoms with Gasteiger partial charge in [0.05, 0.1) is 0 Å². The van der Waals surface area contributed by atoms with E-state index in [0.29, 0.717) is 0 Å². The van der Waals surface area contributed by atoms with Crippen LogP contribution >= 0.6 is 34.4 Å². The van der Waals surface area contributed by atoms with Gasteiger partial charge >= 0.3 is 0 Å². The van der Waals surface area contributed by atoms with Crippen LogP contribution in [0, 0.1) is 0 Å². The van der Waals surface area contributed by atoms with Gasteiger partial charge in [0.2, 0.25) is 0 Å². The third-order valence-electron chi connectivity index (χ3n) is 0.673. The molecule has 2 heteroatoms. The molecular formula is C5H5IS. The second kappa shape index (κ2) is 2.77. The number of halogens is 1. The molecule has 0 saturated carbocycles. The summed E-state index contributed by atoms with van der Waals surface area (Å²) in [7, 11) is 0. The molecule has 0 aromatic heterocycles. The molecule has 0 atom stereocenters. The molecule has 0 saturated heterocycles. The van der Waals surface area contributed by atoms with Crippen LogP contribution in [0.1, 0.15) is 0 Å². The van der Waals surface area contributed by atoms with E-state index >= 15 is 0 Å². The zero-order chi connectivity index (χ0) is 5.11. The molecule has 0 N–H and O–H groups in total. The van der Waals surface area contributed by atoms with Crippen molar-refractivity contribution in [2.45, 2.75) is 0 Å². The Morgan fingerprint density at radius 1 is 1.71 bits per heavy atom. The lowest BCUT2D eigenvalue weighted by molar-refractivity contribution is 1.72. The molecule has 0 unspecified atom stereocenters. The van der Waals surface area contributed by atoms with Gasteiger partial charge in [-0.1, -0.05) is 12.2 Å². The van der Waals surface area contributed by atoms with E-state index in [4.69, 9.17) is 0 Å². The van der Waals surface area contributed by atoms with Crippen molar-refractivity contribution in [1.82, 2.24) is 0 Å². The highest BCUT2D eigenvalue weighted by Gasteiger charge is 1.90. The van der Waals surface area contributed by atoms with Crippen molar-refractivity contribution in [2.75, 3.05) is 5.75 Å². The third kappa shape index (κ3) is 1.86. The highest BCUT2D eigenvalue weighted by atomic mass is 127. The maximum Gasteiger partial charge on any atom is 0.0284 e. The fraction of sp³-hybridized carbons (Fsp3) is 0.200. The predicted molar refractivity (Wildman–Crippen MR) is 43.7 cm³/mol. The number of allylic oxidation sites excluding steroid dienone is 2. The average Bonchev–Trinajstić information content (AvgIpc) is 1.69. The maximum absolute atomic E-state index is 2.35. The van der Waals surface area contributed by atoms with Crippen LogP contribution < -0.4 is 0 Å². The van der Waals surface area contributed by atoms with Crippen molar-refractivity contribution in [3.05, 3.63) is 21.1 Å². The van der Waals surface area contributed by atoms with E-state index < -0.39 is 0 Å². The monoisotopic (exact) mass is 224 g/mol. The highest BCUT2D eigenvalue weighted by molar-refractivity contribution is 14.1. The molecule has 0 radical (unpaired) electrons. The minimum absolute atomic E-state index is 1.16. The Morgan fingerprint density at radius 2 is 2.57 bits per heavy atom. The van der Waals surface area contributed by atoms with Crippen molar-refractivity contribution in [3.8, 4) is 0 Å². The van der Waals surface area contributed by atoms with E-state index in [-0.39, 0.29) is 0 Å². The zero-order valence-electron chi connectivity index (χ0n) is 3.73. The maximum atomic E-state index is 2.35.